The van der Waals surface area contributed by atoms with E-state index in [1.165, 1.54) is 17.7 Å². The molecule has 1 heterocycles. The lowest BCUT2D eigenvalue weighted by Crippen LogP contribution is -2.54. The largest absolute Gasteiger partial charge is 0.324 e. The number of carbonyl (C=O) groups excluding carboxylic acids is 3. The molecule has 2 aliphatic rings. The quantitative estimate of drug-likeness (QED) is 0.532. The number of nitrogens with zero attached hydrogens (tertiary/aromatic N) is 1. The number of hydrogen-bond donors (Lipinski definition) is 1. The maximum Gasteiger partial charge on any atom is 0.246 e. The van der Waals surface area contributed by atoms with E-state index in [0.29, 0.717) is 0 Å². The lowest BCUT2D eigenvalue weighted by atomic mass is 9.98. The highest BCUT2D eigenvalue weighted by Gasteiger charge is 2.31. The molecule has 0 unspecified atom stereocenters. The molecule has 17 heavy (non-hydrogen) atoms. The highest BCUT2D eigenvalue weighted by molar-refractivity contribution is 6.02. The van der Waals surface area contributed by atoms with Gasteiger partial charge in [0.1, 0.15) is 13.1 Å². The highest BCUT2D eigenvalue weighted by Crippen LogP contribution is 2.24. The Labute approximate surface area is 101 Å². The normalized spacial score (nSPS) is 23.2. The molecule has 2 rings (SSSR count). The van der Waals surface area contributed by atoms with Gasteiger partial charge in [-0.05, 0) is 12.8 Å². The predicted molar refractivity (Wildman–Crippen MR) is 60.9 cm³/mol. The number of hydrogen-bond acceptors (Lipinski definition) is 3. The molecule has 0 spiro atoms. The van der Waals surface area contributed by atoms with Crippen molar-refractivity contribution in [1.29, 1.82) is 0 Å². The zero-order valence-electron chi connectivity index (χ0n) is 9.91. The number of rotatable bonds is 1. The van der Waals surface area contributed by atoms with Gasteiger partial charge < -0.3 is 4.90 Å². The van der Waals surface area contributed by atoms with Gasteiger partial charge in [0.25, 0.3) is 0 Å². The van der Waals surface area contributed by atoms with Crippen molar-refractivity contribution in [3.8, 4) is 0 Å². The SMILES string of the molecule is O=C1CN(C(=O)C2CCCCCC2)CC(=O)N1. The van der Waals surface area contributed by atoms with Gasteiger partial charge in [0, 0.05) is 5.92 Å². The molecule has 5 heteroatoms. The fourth-order valence-electron chi connectivity index (χ4n) is 2.58. The third-order valence-corrected chi connectivity index (χ3v) is 3.46. The van der Waals surface area contributed by atoms with Crippen molar-refractivity contribution in [2.45, 2.75) is 38.5 Å². The first-order valence-corrected chi connectivity index (χ1v) is 6.28. The predicted octanol–water partition coefficient (Wildman–Crippen LogP) is 0.442. The summed E-state index contributed by atoms with van der Waals surface area (Å²) in [5.41, 5.74) is 0. The van der Waals surface area contributed by atoms with E-state index in [9.17, 15) is 14.4 Å². The lowest BCUT2D eigenvalue weighted by molar-refractivity contribution is -0.147. The molecule has 0 aromatic rings. The van der Waals surface area contributed by atoms with Gasteiger partial charge in [-0.15, -0.1) is 0 Å². The maximum absolute atomic E-state index is 12.2. The number of nitrogens with one attached hydrogen (secondary N) is 1. The Bertz CT molecular complexity index is 317. The molecule has 0 aromatic carbocycles. The minimum atomic E-state index is -0.372. The lowest BCUT2D eigenvalue weighted by Gasteiger charge is -2.28. The zero-order chi connectivity index (χ0) is 12.3. The summed E-state index contributed by atoms with van der Waals surface area (Å²) in [6, 6.07) is 0. The molecule has 0 bridgehead atoms. The van der Waals surface area contributed by atoms with E-state index in [4.69, 9.17) is 0 Å². The van der Waals surface area contributed by atoms with Gasteiger partial charge in [0.15, 0.2) is 0 Å². The fourth-order valence-corrected chi connectivity index (χ4v) is 2.58. The van der Waals surface area contributed by atoms with Gasteiger partial charge in [-0.25, -0.2) is 0 Å². The number of amides is 3. The van der Waals surface area contributed by atoms with E-state index in [1.807, 2.05) is 0 Å². The van der Waals surface area contributed by atoms with Crippen LogP contribution in [-0.2, 0) is 14.4 Å². The average molecular weight is 238 g/mol. The highest BCUT2D eigenvalue weighted by atomic mass is 16.2. The molecular formula is C12H18N2O3. The van der Waals surface area contributed by atoms with Gasteiger partial charge in [-0.2, -0.15) is 0 Å². The van der Waals surface area contributed by atoms with Crippen LogP contribution in [0.15, 0.2) is 0 Å². The van der Waals surface area contributed by atoms with Crippen molar-refractivity contribution < 1.29 is 14.4 Å². The minimum Gasteiger partial charge on any atom is -0.324 e. The molecule has 94 valence electrons. The fraction of sp³-hybridized carbons (Fsp3) is 0.750. The summed E-state index contributed by atoms with van der Waals surface area (Å²) in [7, 11) is 0. The molecule has 1 saturated carbocycles. The molecule has 1 aliphatic heterocycles. The van der Waals surface area contributed by atoms with Crippen molar-refractivity contribution >= 4 is 17.7 Å². The first-order valence-electron chi connectivity index (χ1n) is 6.28. The Hall–Kier alpha value is -1.39. The van der Waals surface area contributed by atoms with Crippen LogP contribution < -0.4 is 5.32 Å². The van der Waals surface area contributed by atoms with Crippen LogP contribution in [0.4, 0.5) is 0 Å². The number of piperazine rings is 1. The van der Waals surface area contributed by atoms with E-state index in [0.717, 1.165) is 25.7 Å². The van der Waals surface area contributed by atoms with Gasteiger partial charge in [0.2, 0.25) is 17.7 Å². The van der Waals surface area contributed by atoms with Crippen molar-refractivity contribution in [2.24, 2.45) is 5.92 Å². The van der Waals surface area contributed by atoms with Crippen LogP contribution in [0.2, 0.25) is 0 Å². The molecule has 1 N–H and O–H groups in total. The summed E-state index contributed by atoms with van der Waals surface area (Å²) < 4.78 is 0. The smallest absolute Gasteiger partial charge is 0.246 e. The van der Waals surface area contributed by atoms with Gasteiger partial charge in [0.05, 0.1) is 0 Å². The third-order valence-electron chi connectivity index (χ3n) is 3.46. The second-order valence-corrected chi connectivity index (χ2v) is 4.85. The summed E-state index contributed by atoms with van der Waals surface area (Å²) in [6.07, 6.45) is 6.30. The second-order valence-electron chi connectivity index (χ2n) is 4.85. The summed E-state index contributed by atoms with van der Waals surface area (Å²) in [4.78, 5) is 36.0. The molecule has 0 aromatic heterocycles. The van der Waals surface area contributed by atoms with Crippen LogP contribution in [-0.4, -0.2) is 35.7 Å². The second kappa shape index (κ2) is 5.29. The first kappa shape index (κ1) is 12.1. The molecule has 0 atom stereocenters. The molecular weight excluding hydrogens is 220 g/mol. The molecule has 2 fully saturated rings. The van der Waals surface area contributed by atoms with E-state index >= 15 is 0 Å². The summed E-state index contributed by atoms with van der Waals surface area (Å²) >= 11 is 0. The van der Waals surface area contributed by atoms with Crippen molar-refractivity contribution in [3.05, 3.63) is 0 Å². The van der Waals surface area contributed by atoms with Crippen LogP contribution in [0, 0.1) is 5.92 Å². The summed E-state index contributed by atoms with van der Waals surface area (Å²) in [6.45, 7) is 0.0577. The van der Waals surface area contributed by atoms with E-state index in [1.54, 1.807) is 0 Å². The van der Waals surface area contributed by atoms with Gasteiger partial charge in [-0.3, -0.25) is 19.7 Å². The van der Waals surface area contributed by atoms with Crippen LogP contribution >= 0.6 is 0 Å². The Morgan fingerprint density at radius 3 is 2.06 bits per heavy atom. The van der Waals surface area contributed by atoms with E-state index in [2.05, 4.69) is 5.32 Å². The van der Waals surface area contributed by atoms with Crippen LogP contribution in [0.5, 0.6) is 0 Å². The topological polar surface area (TPSA) is 66.5 Å². The first-order chi connectivity index (χ1) is 8.16. The van der Waals surface area contributed by atoms with Gasteiger partial charge in [-0.1, -0.05) is 25.7 Å². The van der Waals surface area contributed by atoms with Crippen molar-refractivity contribution in [1.82, 2.24) is 10.2 Å². The summed E-state index contributed by atoms with van der Waals surface area (Å²) in [5, 5.41) is 2.21. The number of imide groups is 1. The maximum atomic E-state index is 12.2. The minimum absolute atomic E-state index is 0.0104. The molecule has 3 amide bonds. The van der Waals surface area contributed by atoms with E-state index in [-0.39, 0.29) is 36.7 Å². The number of carbonyl (C=O) groups is 3. The Balaban J connectivity index is 1.97. The molecule has 5 nitrogen and oxygen atoms in total. The van der Waals surface area contributed by atoms with E-state index < -0.39 is 0 Å². The molecule has 1 saturated heterocycles. The van der Waals surface area contributed by atoms with Gasteiger partial charge >= 0.3 is 0 Å². The zero-order valence-corrected chi connectivity index (χ0v) is 9.91. The van der Waals surface area contributed by atoms with Crippen LogP contribution in [0.25, 0.3) is 0 Å². The van der Waals surface area contributed by atoms with Crippen molar-refractivity contribution in [2.75, 3.05) is 13.1 Å². The Morgan fingerprint density at radius 1 is 1.00 bits per heavy atom. The van der Waals surface area contributed by atoms with Crippen LogP contribution in [0.1, 0.15) is 38.5 Å². The van der Waals surface area contributed by atoms with Crippen molar-refractivity contribution in [3.63, 3.8) is 0 Å². The molecule has 1 aliphatic carbocycles. The van der Waals surface area contributed by atoms with Crippen LogP contribution in [0.3, 0.4) is 0 Å². The summed E-state index contributed by atoms with van der Waals surface area (Å²) in [5.74, 6) is -0.752. The molecule has 0 radical (unpaired) electrons. The Morgan fingerprint density at radius 2 is 1.53 bits per heavy atom. The standard InChI is InChI=1S/C12H18N2O3/c15-10-7-14(8-11(16)13-10)12(17)9-5-3-1-2-4-6-9/h9H,1-8H2,(H,13,15,16). The third kappa shape index (κ3) is 3.05. The Kier molecular flexibility index (Phi) is 3.76. The average Bonchev–Trinajstić information content (AvgIpc) is 2.55. The monoisotopic (exact) mass is 238 g/mol.